The van der Waals surface area contributed by atoms with Crippen LogP contribution in [-0.2, 0) is 6.54 Å². The molecular formula is C15H27N3. The van der Waals surface area contributed by atoms with Gasteiger partial charge in [0.25, 0.3) is 0 Å². The van der Waals surface area contributed by atoms with Crippen molar-refractivity contribution >= 4 is 5.82 Å². The number of hydrogen-bond acceptors (Lipinski definition) is 3. The van der Waals surface area contributed by atoms with E-state index in [1.807, 2.05) is 6.20 Å². The van der Waals surface area contributed by atoms with Crippen molar-refractivity contribution in [2.24, 2.45) is 5.41 Å². The van der Waals surface area contributed by atoms with Crippen LogP contribution in [0.3, 0.4) is 0 Å². The van der Waals surface area contributed by atoms with E-state index in [-0.39, 0.29) is 0 Å². The largest absolute Gasteiger partial charge is 0.370 e. The molecule has 0 aliphatic rings. The molecule has 0 saturated heterocycles. The number of nitrogens with zero attached hydrogens (tertiary/aromatic N) is 2. The number of anilines is 1. The van der Waals surface area contributed by atoms with Gasteiger partial charge in [0.05, 0.1) is 0 Å². The summed E-state index contributed by atoms with van der Waals surface area (Å²) in [4.78, 5) is 6.78. The van der Waals surface area contributed by atoms with Gasteiger partial charge in [0.15, 0.2) is 0 Å². The third-order valence-electron chi connectivity index (χ3n) is 3.53. The molecule has 0 spiro atoms. The van der Waals surface area contributed by atoms with Crippen molar-refractivity contribution in [3.05, 3.63) is 23.9 Å². The summed E-state index contributed by atoms with van der Waals surface area (Å²) in [6.45, 7) is 13.0. The van der Waals surface area contributed by atoms with E-state index in [1.54, 1.807) is 0 Å². The van der Waals surface area contributed by atoms with Gasteiger partial charge in [-0.15, -0.1) is 0 Å². The molecule has 1 heterocycles. The van der Waals surface area contributed by atoms with Crippen molar-refractivity contribution < 1.29 is 0 Å². The summed E-state index contributed by atoms with van der Waals surface area (Å²) in [6.07, 6.45) is 1.96. The van der Waals surface area contributed by atoms with Crippen LogP contribution in [0.5, 0.6) is 0 Å². The molecule has 1 N–H and O–H groups in total. The fourth-order valence-electron chi connectivity index (χ4n) is 1.89. The molecule has 0 aliphatic heterocycles. The Balaban J connectivity index is 2.62. The van der Waals surface area contributed by atoms with Gasteiger partial charge in [-0.25, -0.2) is 4.98 Å². The lowest BCUT2D eigenvalue weighted by molar-refractivity contribution is 0.134. The van der Waals surface area contributed by atoms with Crippen molar-refractivity contribution in [2.75, 3.05) is 18.9 Å². The quantitative estimate of drug-likeness (QED) is 0.867. The monoisotopic (exact) mass is 249 g/mol. The number of pyridine rings is 1. The highest BCUT2D eigenvalue weighted by Gasteiger charge is 2.23. The van der Waals surface area contributed by atoms with Gasteiger partial charge in [0.2, 0.25) is 0 Å². The van der Waals surface area contributed by atoms with Crippen LogP contribution in [0.1, 0.15) is 40.2 Å². The van der Waals surface area contributed by atoms with E-state index in [2.05, 4.69) is 69.0 Å². The highest BCUT2D eigenvalue weighted by molar-refractivity contribution is 5.35. The van der Waals surface area contributed by atoms with Gasteiger partial charge in [0.1, 0.15) is 5.82 Å². The lowest BCUT2D eigenvalue weighted by Gasteiger charge is -2.35. The minimum Gasteiger partial charge on any atom is -0.370 e. The highest BCUT2D eigenvalue weighted by Crippen LogP contribution is 2.24. The Morgan fingerprint density at radius 3 is 2.44 bits per heavy atom. The lowest BCUT2D eigenvalue weighted by atomic mass is 9.87. The summed E-state index contributed by atoms with van der Waals surface area (Å²) in [5.74, 6) is 0.952. The van der Waals surface area contributed by atoms with Crippen molar-refractivity contribution in [3.8, 4) is 0 Å². The molecule has 0 aliphatic carbocycles. The maximum Gasteiger partial charge on any atom is 0.125 e. The smallest absolute Gasteiger partial charge is 0.125 e. The van der Waals surface area contributed by atoms with Crippen molar-refractivity contribution in [1.29, 1.82) is 0 Å². The summed E-state index contributed by atoms with van der Waals surface area (Å²) in [6, 6.07) is 4.73. The molecule has 0 amide bonds. The second kappa shape index (κ2) is 6.19. The molecule has 3 nitrogen and oxygen atoms in total. The molecule has 3 heteroatoms. The van der Waals surface area contributed by atoms with Crippen LogP contribution >= 0.6 is 0 Å². The van der Waals surface area contributed by atoms with E-state index in [0.29, 0.717) is 11.5 Å². The summed E-state index contributed by atoms with van der Waals surface area (Å²) in [5, 5.41) is 3.21. The van der Waals surface area contributed by atoms with Gasteiger partial charge in [-0.2, -0.15) is 0 Å². The Kier molecular flexibility index (Phi) is 5.15. The minimum atomic E-state index is 0.298. The Labute approximate surface area is 112 Å². The third-order valence-corrected chi connectivity index (χ3v) is 3.53. The lowest BCUT2D eigenvalue weighted by Crippen LogP contribution is -2.38. The first-order chi connectivity index (χ1) is 8.34. The SMILES string of the molecule is CCNc1ccc(CN(C)C(C)C(C)(C)C)cn1. The zero-order chi connectivity index (χ0) is 13.8. The topological polar surface area (TPSA) is 28.2 Å². The molecular weight excluding hydrogens is 222 g/mol. The van der Waals surface area contributed by atoms with E-state index in [0.717, 1.165) is 18.9 Å². The first-order valence-corrected chi connectivity index (χ1v) is 6.73. The van der Waals surface area contributed by atoms with Crippen LogP contribution in [0.4, 0.5) is 5.82 Å². The van der Waals surface area contributed by atoms with Crippen molar-refractivity contribution in [2.45, 2.75) is 47.2 Å². The summed E-state index contributed by atoms with van der Waals surface area (Å²) in [5.41, 5.74) is 1.56. The fraction of sp³-hybridized carbons (Fsp3) is 0.667. The van der Waals surface area contributed by atoms with Crippen LogP contribution in [0.25, 0.3) is 0 Å². The van der Waals surface area contributed by atoms with Crippen LogP contribution in [0, 0.1) is 5.41 Å². The van der Waals surface area contributed by atoms with Gasteiger partial charge in [-0.3, -0.25) is 4.90 Å². The molecule has 0 aromatic carbocycles. The van der Waals surface area contributed by atoms with E-state index in [9.17, 15) is 0 Å². The third kappa shape index (κ3) is 4.30. The number of aromatic nitrogens is 1. The van der Waals surface area contributed by atoms with Crippen LogP contribution in [0.2, 0.25) is 0 Å². The Hall–Kier alpha value is -1.09. The Morgan fingerprint density at radius 2 is 2.00 bits per heavy atom. The second-order valence-electron chi connectivity index (χ2n) is 6.04. The fourth-order valence-corrected chi connectivity index (χ4v) is 1.89. The predicted molar refractivity (Wildman–Crippen MR) is 78.8 cm³/mol. The summed E-state index contributed by atoms with van der Waals surface area (Å²) >= 11 is 0. The molecule has 0 fully saturated rings. The van der Waals surface area contributed by atoms with Gasteiger partial charge in [-0.05, 0) is 37.9 Å². The van der Waals surface area contributed by atoms with Gasteiger partial charge < -0.3 is 5.32 Å². The first-order valence-electron chi connectivity index (χ1n) is 6.73. The highest BCUT2D eigenvalue weighted by atomic mass is 15.1. The molecule has 18 heavy (non-hydrogen) atoms. The summed E-state index contributed by atoms with van der Waals surface area (Å²) in [7, 11) is 2.17. The second-order valence-corrected chi connectivity index (χ2v) is 6.04. The first kappa shape index (κ1) is 15.0. The molecule has 1 aromatic heterocycles. The van der Waals surface area contributed by atoms with Crippen LogP contribution in [0.15, 0.2) is 18.3 Å². The van der Waals surface area contributed by atoms with E-state index < -0.39 is 0 Å². The average molecular weight is 249 g/mol. The molecule has 0 radical (unpaired) electrons. The van der Waals surface area contributed by atoms with E-state index in [4.69, 9.17) is 0 Å². The van der Waals surface area contributed by atoms with Crippen molar-refractivity contribution in [1.82, 2.24) is 9.88 Å². The summed E-state index contributed by atoms with van der Waals surface area (Å²) < 4.78 is 0. The average Bonchev–Trinajstić information content (AvgIpc) is 2.30. The molecule has 1 atom stereocenters. The Morgan fingerprint density at radius 1 is 1.33 bits per heavy atom. The van der Waals surface area contributed by atoms with Gasteiger partial charge in [-0.1, -0.05) is 26.8 Å². The standard InChI is InChI=1S/C15H27N3/c1-7-16-14-9-8-13(10-17-14)11-18(6)12(2)15(3,4)5/h8-10,12H,7,11H2,1-6H3,(H,16,17). The Bertz CT molecular complexity index is 351. The minimum absolute atomic E-state index is 0.298. The van der Waals surface area contributed by atoms with Gasteiger partial charge in [0, 0.05) is 25.3 Å². The zero-order valence-electron chi connectivity index (χ0n) is 12.6. The van der Waals surface area contributed by atoms with E-state index in [1.165, 1.54) is 5.56 Å². The molecule has 1 rings (SSSR count). The zero-order valence-corrected chi connectivity index (χ0v) is 12.6. The molecule has 0 bridgehead atoms. The predicted octanol–water partition coefficient (Wildman–Crippen LogP) is 3.38. The molecule has 102 valence electrons. The molecule has 1 unspecified atom stereocenters. The number of hydrogen-bond donors (Lipinski definition) is 1. The number of nitrogens with one attached hydrogen (secondary N) is 1. The van der Waals surface area contributed by atoms with Crippen LogP contribution in [-0.4, -0.2) is 29.5 Å². The normalized spacial score (nSPS) is 13.7. The maximum absolute atomic E-state index is 4.41. The van der Waals surface area contributed by atoms with E-state index >= 15 is 0 Å². The van der Waals surface area contributed by atoms with Crippen LogP contribution < -0.4 is 5.32 Å². The number of rotatable bonds is 5. The van der Waals surface area contributed by atoms with Gasteiger partial charge >= 0.3 is 0 Å². The van der Waals surface area contributed by atoms with Crippen molar-refractivity contribution in [3.63, 3.8) is 0 Å². The molecule has 0 saturated carbocycles. The maximum atomic E-state index is 4.41. The molecule has 1 aromatic rings.